The lowest BCUT2D eigenvalue weighted by molar-refractivity contribution is -0.127. The Morgan fingerprint density at radius 1 is 0.920 bits per heavy atom. The Balaban J connectivity index is 1.60. The van der Waals surface area contributed by atoms with Gasteiger partial charge in [0, 0.05) is 17.6 Å². The summed E-state index contributed by atoms with van der Waals surface area (Å²) < 4.78 is 0. The van der Waals surface area contributed by atoms with Crippen LogP contribution in [0, 0.1) is 0 Å². The zero-order valence-electron chi connectivity index (χ0n) is 14.9. The van der Waals surface area contributed by atoms with E-state index in [1.54, 1.807) is 0 Å². The van der Waals surface area contributed by atoms with Gasteiger partial charge < -0.3 is 10.2 Å². The normalized spacial score (nSPS) is 25.0. The maximum atomic E-state index is 13.2. The van der Waals surface area contributed by atoms with Gasteiger partial charge in [0.05, 0.1) is 0 Å². The van der Waals surface area contributed by atoms with Crippen LogP contribution >= 0.6 is 0 Å². The summed E-state index contributed by atoms with van der Waals surface area (Å²) in [6, 6.07) is 7.72. The molecule has 1 heterocycles. The molecule has 0 bridgehead atoms. The molecule has 2 fully saturated rings. The molecule has 4 heteroatoms. The van der Waals surface area contributed by atoms with E-state index in [-0.39, 0.29) is 23.9 Å². The fourth-order valence-corrected chi connectivity index (χ4v) is 4.87. The highest BCUT2D eigenvalue weighted by Gasteiger charge is 2.44. The third-order valence-electron chi connectivity index (χ3n) is 6.17. The Kier molecular flexibility index (Phi) is 4.78. The fourth-order valence-electron chi connectivity index (χ4n) is 4.87. The molecule has 1 aromatic rings. The Morgan fingerprint density at radius 3 is 2.28 bits per heavy atom. The molecule has 0 aromatic heterocycles. The second-order valence-corrected chi connectivity index (χ2v) is 7.84. The molecule has 25 heavy (non-hydrogen) atoms. The molecule has 0 unspecified atom stereocenters. The van der Waals surface area contributed by atoms with Crippen LogP contribution in [-0.4, -0.2) is 28.8 Å². The Labute approximate surface area is 150 Å². The summed E-state index contributed by atoms with van der Waals surface area (Å²) in [6.07, 6.45) is 11.4. The molecule has 2 saturated carbocycles. The highest BCUT2D eigenvalue weighted by molar-refractivity contribution is 6.04. The number of nitrogens with zero attached hydrogens (tertiary/aromatic N) is 1. The van der Waals surface area contributed by atoms with Crippen LogP contribution in [0.1, 0.15) is 86.2 Å². The molecule has 1 atom stereocenters. The van der Waals surface area contributed by atoms with E-state index in [1.165, 1.54) is 25.7 Å². The first kappa shape index (κ1) is 16.6. The summed E-state index contributed by atoms with van der Waals surface area (Å²) in [7, 11) is 0. The molecule has 0 saturated heterocycles. The van der Waals surface area contributed by atoms with Crippen LogP contribution in [-0.2, 0) is 4.79 Å². The van der Waals surface area contributed by atoms with Crippen molar-refractivity contribution in [1.29, 1.82) is 0 Å². The second kappa shape index (κ2) is 7.19. The molecule has 0 spiro atoms. The van der Waals surface area contributed by atoms with Gasteiger partial charge in [0.25, 0.3) is 5.91 Å². The molecule has 0 radical (unpaired) electrons. The number of carbonyl (C=O) groups excluding carboxylic acids is 2. The van der Waals surface area contributed by atoms with Gasteiger partial charge in [-0.15, -0.1) is 0 Å². The van der Waals surface area contributed by atoms with Gasteiger partial charge in [-0.1, -0.05) is 56.7 Å². The number of amides is 2. The number of rotatable bonds is 3. The summed E-state index contributed by atoms with van der Waals surface area (Å²) in [4.78, 5) is 28.1. The van der Waals surface area contributed by atoms with Gasteiger partial charge in [0.15, 0.2) is 0 Å². The topological polar surface area (TPSA) is 49.4 Å². The highest BCUT2D eigenvalue weighted by Crippen LogP contribution is 2.39. The molecule has 134 valence electrons. The molecule has 2 amide bonds. The van der Waals surface area contributed by atoms with Crippen molar-refractivity contribution in [2.45, 2.75) is 82.3 Å². The molecule has 2 aliphatic carbocycles. The number of hydrogen-bond donors (Lipinski definition) is 1. The summed E-state index contributed by atoms with van der Waals surface area (Å²) in [5.41, 5.74) is 1.61. The average Bonchev–Trinajstić information content (AvgIpc) is 2.96. The van der Waals surface area contributed by atoms with Crippen molar-refractivity contribution in [2.24, 2.45) is 0 Å². The molecule has 4 rings (SSSR count). The van der Waals surface area contributed by atoms with Gasteiger partial charge >= 0.3 is 0 Å². The van der Waals surface area contributed by atoms with Gasteiger partial charge in [-0.3, -0.25) is 9.59 Å². The van der Waals surface area contributed by atoms with Crippen LogP contribution in [0.25, 0.3) is 0 Å². The second-order valence-electron chi connectivity index (χ2n) is 7.84. The van der Waals surface area contributed by atoms with Crippen LogP contribution in [0.2, 0.25) is 0 Å². The summed E-state index contributed by atoms with van der Waals surface area (Å²) in [5, 5.41) is 3.26. The third kappa shape index (κ3) is 3.19. The quantitative estimate of drug-likeness (QED) is 0.905. The monoisotopic (exact) mass is 340 g/mol. The van der Waals surface area contributed by atoms with Crippen molar-refractivity contribution >= 4 is 11.8 Å². The van der Waals surface area contributed by atoms with Crippen LogP contribution in [0.15, 0.2) is 24.3 Å². The maximum Gasteiger partial charge on any atom is 0.255 e. The number of carbonyl (C=O) groups is 2. The number of hydrogen-bond acceptors (Lipinski definition) is 2. The standard InChI is InChI=1S/C21H28N2O2/c24-20(22-15-9-3-1-4-10-15)19-17-13-7-8-14-18(17)21(25)23(19)16-11-5-2-6-12-16/h7-8,13-16,19H,1-6,9-12H2,(H,22,24)/t19-/m0/s1. The van der Waals surface area contributed by atoms with Crippen LogP contribution in [0.5, 0.6) is 0 Å². The maximum absolute atomic E-state index is 13.2. The first-order valence-corrected chi connectivity index (χ1v) is 9.97. The van der Waals surface area contributed by atoms with E-state index in [0.29, 0.717) is 0 Å². The molecular weight excluding hydrogens is 312 g/mol. The number of nitrogens with one attached hydrogen (secondary N) is 1. The zero-order chi connectivity index (χ0) is 17.2. The van der Waals surface area contributed by atoms with E-state index in [2.05, 4.69) is 5.32 Å². The minimum absolute atomic E-state index is 0.0239. The third-order valence-corrected chi connectivity index (χ3v) is 6.17. The van der Waals surface area contributed by atoms with Crippen LogP contribution in [0.3, 0.4) is 0 Å². The van der Waals surface area contributed by atoms with Crippen LogP contribution in [0.4, 0.5) is 0 Å². The van der Waals surface area contributed by atoms with Crippen molar-refractivity contribution in [3.05, 3.63) is 35.4 Å². The smallest absolute Gasteiger partial charge is 0.255 e. The number of benzene rings is 1. The zero-order valence-corrected chi connectivity index (χ0v) is 14.9. The van der Waals surface area contributed by atoms with E-state index in [1.807, 2.05) is 29.2 Å². The lowest BCUT2D eigenvalue weighted by atomic mass is 9.92. The van der Waals surface area contributed by atoms with Gasteiger partial charge in [-0.05, 0) is 37.3 Å². The molecule has 1 N–H and O–H groups in total. The van der Waals surface area contributed by atoms with Crippen molar-refractivity contribution in [2.75, 3.05) is 0 Å². The van der Waals surface area contributed by atoms with Gasteiger partial charge in [-0.2, -0.15) is 0 Å². The summed E-state index contributed by atoms with van der Waals surface area (Å²) in [5.74, 6) is 0.0714. The van der Waals surface area contributed by atoms with Crippen molar-refractivity contribution in [1.82, 2.24) is 10.2 Å². The Bertz CT molecular complexity index is 645. The Morgan fingerprint density at radius 2 is 1.56 bits per heavy atom. The van der Waals surface area contributed by atoms with Crippen molar-refractivity contribution < 1.29 is 9.59 Å². The molecule has 4 nitrogen and oxygen atoms in total. The van der Waals surface area contributed by atoms with E-state index in [0.717, 1.165) is 49.7 Å². The molecule has 1 aliphatic heterocycles. The van der Waals surface area contributed by atoms with E-state index in [9.17, 15) is 9.59 Å². The first-order chi connectivity index (χ1) is 12.3. The molecular formula is C21H28N2O2. The lowest BCUT2D eigenvalue weighted by Crippen LogP contribution is -2.47. The summed E-state index contributed by atoms with van der Waals surface area (Å²) in [6.45, 7) is 0. The first-order valence-electron chi connectivity index (χ1n) is 9.97. The highest BCUT2D eigenvalue weighted by atomic mass is 16.2. The van der Waals surface area contributed by atoms with Crippen molar-refractivity contribution in [3.8, 4) is 0 Å². The predicted octanol–water partition coefficient (Wildman–Crippen LogP) is 3.97. The summed E-state index contributed by atoms with van der Waals surface area (Å²) >= 11 is 0. The van der Waals surface area contributed by atoms with Crippen molar-refractivity contribution in [3.63, 3.8) is 0 Å². The van der Waals surface area contributed by atoms with Gasteiger partial charge in [0.2, 0.25) is 5.91 Å². The minimum atomic E-state index is -0.436. The largest absolute Gasteiger partial charge is 0.351 e. The van der Waals surface area contributed by atoms with Crippen LogP contribution < -0.4 is 5.32 Å². The van der Waals surface area contributed by atoms with E-state index < -0.39 is 6.04 Å². The van der Waals surface area contributed by atoms with Gasteiger partial charge in [-0.25, -0.2) is 0 Å². The molecule has 3 aliphatic rings. The van der Waals surface area contributed by atoms with E-state index in [4.69, 9.17) is 0 Å². The Hall–Kier alpha value is -1.84. The van der Waals surface area contributed by atoms with E-state index >= 15 is 0 Å². The SMILES string of the molecule is O=C(NC1CCCCC1)[C@@H]1c2ccccc2C(=O)N1C1CCCCC1. The molecule has 1 aromatic carbocycles. The average molecular weight is 340 g/mol. The number of fused-ring (bicyclic) bond motifs is 1. The lowest BCUT2D eigenvalue weighted by Gasteiger charge is -2.36. The predicted molar refractivity (Wildman–Crippen MR) is 97.2 cm³/mol. The minimum Gasteiger partial charge on any atom is -0.351 e. The fraction of sp³-hybridized carbons (Fsp3) is 0.619. The van der Waals surface area contributed by atoms with Gasteiger partial charge in [0.1, 0.15) is 6.04 Å².